The number of rotatable bonds is 3. The van der Waals surface area contributed by atoms with Crippen LogP contribution in [0.25, 0.3) is 0 Å². The van der Waals surface area contributed by atoms with E-state index in [0.29, 0.717) is 10.7 Å². The van der Waals surface area contributed by atoms with Gasteiger partial charge >= 0.3 is 0 Å². The van der Waals surface area contributed by atoms with Gasteiger partial charge in [0.15, 0.2) is 6.10 Å². The number of anilines is 2. The summed E-state index contributed by atoms with van der Waals surface area (Å²) < 4.78 is 0.871. The van der Waals surface area contributed by atoms with Gasteiger partial charge in [-0.2, -0.15) is 0 Å². The third kappa shape index (κ3) is 3.12. The lowest BCUT2D eigenvalue weighted by atomic mass is 9.90. The van der Waals surface area contributed by atoms with E-state index >= 15 is 0 Å². The van der Waals surface area contributed by atoms with Crippen LogP contribution in [0.4, 0.5) is 11.4 Å². The van der Waals surface area contributed by atoms with Crippen LogP contribution in [0.3, 0.4) is 0 Å². The number of fused-ring (bicyclic) bond motifs is 1. The molecule has 3 aromatic carbocycles. The third-order valence-corrected chi connectivity index (χ3v) is 6.20. The Bertz CT molecular complexity index is 1110. The van der Waals surface area contributed by atoms with Gasteiger partial charge in [0.05, 0.1) is 17.4 Å². The number of amides is 2. The first-order chi connectivity index (χ1) is 14.5. The van der Waals surface area contributed by atoms with E-state index in [1.54, 1.807) is 41.5 Å². The zero-order valence-corrected chi connectivity index (χ0v) is 18.0. The first kappa shape index (κ1) is 19.3. The van der Waals surface area contributed by atoms with Crippen molar-refractivity contribution in [3.05, 3.63) is 93.9 Å². The summed E-state index contributed by atoms with van der Waals surface area (Å²) in [7, 11) is 0. The van der Waals surface area contributed by atoms with Crippen molar-refractivity contribution in [2.75, 3.05) is 9.96 Å². The Morgan fingerprint density at radius 2 is 1.47 bits per heavy atom. The number of halogens is 2. The SMILES string of the molecule is O=C1C2ON(c3ccccc3)C(c3ccc(Cl)cc3)C2C(=O)N1c1ccc(Br)cc1. The second-order valence-electron chi connectivity index (χ2n) is 7.20. The van der Waals surface area contributed by atoms with Crippen LogP contribution in [0.2, 0.25) is 5.02 Å². The van der Waals surface area contributed by atoms with Gasteiger partial charge < -0.3 is 0 Å². The fourth-order valence-corrected chi connectivity index (χ4v) is 4.45. The second-order valence-corrected chi connectivity index (χ2v) is 8.55. The molecule has 3 atom stereocenters. The fourth-order valence-electron chi connectivity index (χ4n) is 4.06. The van der Waals surface area contributed by atoms with Crippen LogP contribution < -0.4 is 9.96 Å². The maximum absolute atomic E-state index is 13.5. The molecule has 0 radical (unpaired) electrons. The molecule has 0 aromatic heterocycles. The van der Waals surface area contributed by atoms with Crippen molar-refractivity contribution in [3.63, 3.8) is 0 Å². The quantitative estimate of drug-likeness (QED) is 0.483. The van der Waals surface area contributed by atoms with E-state index in [1.165, 1.54) is 4.90 Å². The van der Waals surface area contributed by atoms with Crippen LogP contribution in [0.1, 0.15) is 11.6 Å². The Balaban J connectivity index is 1.58. The van der Waals surface area contributed by atoms with Crippen molar-refractivity contribution >= 4 is 50.7 Å². The van der Waals surface area contributed by atoms with E-state index in [-0.39, 0.29) is 11.8 Å². The van der Waals surface area contributed by atoms with Crippen molar-refractivity contribution in [2.45, 2.75) is 12.1 Å². The predicted octanol–water partition coefficient (Wildman–Crippen LogP) is 5.15. The highest BCUT2D eigenvalue weighted by Gasteiger charge is 2.60. The summed E-state index contributed by atoms with van der Waals surface area (Å²) in [6.07, 6.45) is -0.887. The number of imide groups is 1. The molecule has 0 saturated carbocycles. The molecular weight excluding hydrogens is 468 g/mol. The summed E-state index contributed by atoms with van der Waals surface area (Å²) in [4.78, 5) is 34.0. The number of hydrogen-bond acceptors (Lipinski definition) is 4. The largest absolute Gasteiger partial charge is 0.273 e. The number of hydroxylamine groups is 1. The summed E-state index contributed by atoms with van der Waals surface area (Å²) >= 11 is 9.45. The maximum Gasteiger partial charge on any atom is 0.266 e. The molecule has 7 heteroatoms. The average molecular weight is 484 g/mol. The lowest BCUT2D eigenvalue weighted by molar-refractivity contribution is -0.126. The first-order valence-corrected chi connectivity index (χ1v) is 10.6. The minimum Gasteiger partial charge on any atom is -0.273 e. The van der Waals surface area contributed by atoms with Gasteiger partial charge in [0, 0.05) is 9.50 Å². The van der Waals surface area contributed by atoms with E-state index < -0.39 is 18.1 Å². The lowest BCUT2D eigenvalue weighted by Gasteiger charge is -2.28. The number of nitrogens with zero attached hydrogens (tertiary/aromatic N) is 2. The van der Waals surface area contributed by atoms with Gasteiger partial charge in [-0.1, -0.05) is 57.9 Å². The van der Waals surface area contributed by atoms with Crippen molar-refractivity contribution in [1.29, 1.82) is 0 Å². The highest BCUT2D eigenvalue weighted by Crippen LogP contribution is 2.47. The fraction of sp³-hybridized carbons (Fsp3) is 0.130. The zero-order chi connectivity index (χ0) is 20.8. The molecule has 0 N–H and O–H groups in total. The number of carbonyl (C=O) groups is 2. The summed E-state index contributed by atoms with van der Waals surface area (Å²) in [6.45, 7) is 0. The molecule has 2 aliphatic rings. The highest BCUT2D eigenvalue weighted by molar-refractivity contribution is 9.10. The molecule has 3 unspecified atom stereocenters. The van der Waals surface area contributed by atoms with E-state index in [0.717, 1.165) is 15.7 Å². The molecule has 2 amide bonds. The second kappa shape index (κ2) is 7.54. The Hall–Kier alpha value is -2.67. The van der Waals surface area contributed by atoms with Crippen LogP contribution in [0.15, 0.2) is 83.3 Å². The van der Waals surface area contributed by atoms with Crippen molar-refractivity contribution in [1.82, 2.24) is 0 Å². The molecule has 3 aromatic rings. The van der Waals surface area contributed by atoms with Crippen LogP contribution in [0, 0.1) is 5.92 Å². The van der Waals surface area contributed by atoms with Crippen LogP contribution in [0.5, 0.6) is 0 Å². The van der Waals surface area contributed by atoms with Gasteiger partial charge in [-0.25, -0.2) is 9.96 Å². The molecule has 2 fully saturated rings. The summed E-state index contributed by atoms with van der Waals surface area (Å²) in [5.41, 5.74) is 2.17. The lowest BCUT2D eigenvalue weighted by Crippen LogP contribution is -2.37. The van der Waals surface area contributed by atoms with Crippen molar-refractivity contribution < 1.29 is 14.4 Å². The van der Waals surface area contributed by atoms with Crippen molar-refractivity contribution in [2.24, 2.45) is 5.92 Å². The Kier molecular flexibility index (Phi) is 4.85. The van der Waals surface area contributed by atoms with E-state index in [1.807, 2.05) is 42.5 Å². The van der Waals surface area contributed by atoms with E-state index in [4.69, 9.17) is 16.4 Å². The molecule has 2 aliphatic heterocycles. The Labute approximate surface area is 186 Å². The normalized spacial score (nSPS) is 23.2. The molecule has 0 aliphatic carbocycles. The maximum atomic E-state index is 13.5. The summed E-state index contributed by atoms with van der Waals surface area (Å²) in [6, 6.07) is 23.4. The number of carbonyl (C=O) groups excluding carboxylic acids is 2. The molecule has 5 rings (SSSR count). The van der Waals surface area contributed by atoms with Gasteiger partial charge in [-0.15, -0.1) is 0 Å². The third-order valence-electron chi connectivity index (χ3n) is 5.42. The minimum absolute atomic E-state index is 0.272. The average Bonchev–Trinajstić information content (AvgIpc) is 3.27. The van der Waals surface area contributed by atoms with Gasteiger partial charge in [0.1, 0.15) is 5.92 Å². The predicted molar refractivity (Wildman–Crippen MR) is 118 cm³/mol. The smallest absolute Gasteiger partial charge is 0.266 e. The van der Waals surface area contributed by atoms with Gasteiger partial charge in [-0.3, -0.25) is 14.4 Å². The highest BCUT2D eigenvalue weighted by atomic mass is 79.9. The standard InChI is InChI=1S/C23H16BrClN2O3/c24-15-8-12-17(13-9-15)26-22(28)19-20(14-6-10-16(25)11-7-14)27(30-21(19)23(26)29)18-4-2-1-3-5-18/h1-13,19-21H. The van der Waals surface area contributed by atoms with Gasteiger partial charge in [0.2, 0.25) is 5.91 Å². The zero-order valence-electron chi connectivity index (χ0n) is 15.6. The molecule has 2 heterocycles. The Morgan fingerprint density at radius 3 is 2.13 bits per heavy atom. The number of hydrogen-bond donors (Lipinski definition) is 0. The first-order valence-electron chi connectivity index (χ1n) is 9.44. The molecule has 30 heavy (non-hydrogen) atoms. The molecule has 0 bridgehead atoms. The van der Waals surface area contributed by atoms with Crippen LogP contribution >= 0.6 is 27.5 Å². The molecule has 2 saturated heterocycles. The molecule has 0 spiro atoms. The summed E-state index contributed by atoms with van der Waals surface area (Å²) in [5, 5.41) is 2.28. The van der Waals surface area contributed by atoms with Gasteiger partial charge in [-0.05, 0) is 54.1 Å². The van der Waals surface area contributed by atoms with Gasteiger partial charge in [0.25, 0.3) is 5.91 Å². The monoisotopic (exact) mass is 482 g/mol. The molecule has 5 nitrogen and oxygen atoms in total. The van der Waals surface area contributed by atoms with Crippen LogP contribution in [-0.4, -0.2) is 17.9 Å². The Morgan fingerprint density at radius 1 is 0.800 bits per heavy atom. The molecule has 150 valence electrons. The topological polar surface area (TPSA) is 49.9 Å². The number of benzene rings is 3. The minimum atomic E-state index is -0.887. The van der Waals surface area contributed by atoms with E-state index in [2.05, 4.69) is 15.9 Å². The molecular formula is C23H16BrClN2O3. The van der Waals surface area contributed by atoms with Crippen molar-refractivity contribution in [3.8, 4) is 0 Å². The van der Waals surface area contributed by atoms with Crippen LogP contribution in [-0.2, 0) is 14.4 Å². The van der Waals surface area contributed by atoms with E-state index in [9.17, 15) is 9.59 Å². The summed E-state index contributed by atoms with van der Waals surface area (Å²) in [5.74, 6) is -1.29. The number of para-hydroxylation sites is 1.